The van der Waals surface area contributed by atoms with Crippen LogP contribution in [0.4, 0.5) is 11.5 Å². The van der Waals surface area contributed by atoms with Crippen LogP contribution < -0.4 is 11.1 Å². The number of nitrogens with one attached hydrogen (secondary N) is 1. The van der Waals surface area contributed by atoms with E-state index in [2.05, 4.69) is 10.3 Å². The SMILES string of the molecule is Nc1cccc(C(=O)Nc2cccc3ccccc23)n1. The molecule has 4 nitrogen and oxygen atoms in total. The van der Waals surface area contributed by atoms with E-state index in [1.807, 2.05) is 42.5 Å². The Balaban J connectivity index is 1.95. The zero-order valence-corrected chi connectivity index (χ0v) is 10.7. The van der Waals surface area contributed by atoms with E-state index in [0.29, 0.717) is 11.5 Å². The Morgan fingerprint density at radius 1 is 0.950 bits per heavy atom. The molecule has 3 aromatic rings. The van der Waals surface area contributed by atoms with Gasteiger partial charge >= 0.3 is 0 Å². The zero-order chi connectivity index (χ0) is 13.9. The fraction of sp³-hybridized carbons (Fsp3) is 0. The Hall–Kier alpha value is -2.88. The van der Waals surface area contributed by atoms with E-state index in [0.717, 1.165) is 16.5 Å². The lowest BCUT2D eigenvalue weighted by Gasteiger charge is -2.08. The number of benzene rings is 2. The number of nitrogens with zero attached hydrogens (tertiary/aromatic N) is 1. The monoisotopic (exact) mass is 263 g/mol. The largest absolute Gasteiger partial charge is 0.384 e. The van der Waals surface area contributed by atoms with E-state index < -0.39 is 0 Å². The van der Waals surface area contributed by atoms with Crippen LogP contribution in [-0.4, -0.2) is 10.9 Å². The van der Waals surface area contributed by atoms with Crippen molar-refractivity contribution in [1.29, 1.82) is 0 Å². The van der Waals surface area contributed by atoms with Gasteiger partial charge in [0.1, 0.15) is 11.5 Å². The van der Waals surface area contributed by atoms with Crippen molar-refractivity contribution in [2.24, 2.45) is 0 Å². The molecule has 4 heteroatoms. The number of rotatable bonds is 2. The minimum Gasteiger partial charge on any atom is -0.384 e. The number of carbonyl (C=O) groups is 1. The molecule has 0 saturated heterocycles. The predicted octanol–water partition coefficient (Wildman–Crippen LogP) is 3.07. The van der Waals surface area contributed by atoms with E-state index in [1.165, 1.54) is 0 Å². The van der Waals surface area contributed by atoms with Crippen LogP contribution in [0.15, 0.2) is 60.7 Å². The van der Waals surface area contributed by atoms with Crippen molar-refractivity contribution in [3.05, 3.63) is 66.4 Å². The summed E-state index contributed by atoms with van der Waals surface area (Å²) in [6.45, 7) is 0. The van der Waals surface area contributed by atoms with Crippen LogP contribution in [0.5, 0.6) is 0 Å². The molecule has 0 aliphatic carbocycles. The number of hydrogen-bond acceptors (Lipinski definition) is 3. The Bertz CT molecular complexity index is 778. The van der Waals surface area contributed by atoms with Gasteiger partial charge in [-0.3, -0.25) is 4.79 Å². The molecule has 0 bridgehead atoms. The van der Waals surface area contributed by atoms with E-state index in [-0.39, 0.29) is 5.91 Å². The number of pyridine rings is 1. The summed E-state index contributed by atoms with van der Waals surface area (Å²) in [5.41, 5.74) is 6.65. The first-order valence-electron chi connectivity index (χ1n) is 6.26. The number of amides is 1. The third-order valence-electron chi connectivity index (χ3n) is 3.04. The van der Waals surface area contributed by atoms with Crippen LogP contribution in [-0.2, 0) is 0 Å². The second-order valence-corrected chi connectivity index (χ2v) is 4.43. The molecule has 1 aromatic heterocycles. The number of anilines is 2. The Kier molecular flexibility index (Phi) is 3.05. The second kappa shape index (κ2) is 5.01. The van der Waals surface area contributed by atoms with Gasteiger partial charge in [-0.1, -0.05) is 42.5 Å². The van der Waals surface area contributed by atoms with Gasteiger partial charge in [-0.25, -0.2) is 4.98 Å². The molecule has 0 atom stereocenters. The van der Waals surface area contributed by atoms with Crippen LogP contribution >= 0.6 is 0 Å². The topological polar surface area (TPSA) is 68.0 Å². The summed E-state index contributed by atoms with van der Waals surface area (Å²) in [7, 11) is 0. The van der Waals surface area contributed by atoms with Gasteiger partial charge < -0.3 is 11.1 Å². The molecule has 1 amide bonds. The highest BCUT2D eigenvalue weighted by Gasteiger charge is 2.09. The maximum Gasteiger partial charge on any atom is 0.274 e. The summed E-state index contributed by atoms with van der Waals surface area (Å²) in [5.74, 6) is 0.0595. The number of nitrogens with two attached hydrogens (primary N) is 1. The Labute approximate surface area is 116 Å². The lowest BCUT2D eigenvalue weighted by molar-refractivity contribution is 0.102. The summed E-state index contributed by atoms with van der Waals surface area (Å²) in [5, 5.41) is 4.94. The number of hydrogen-bond donors (Lipinski definition) is 2. The first-order chi connectivity index (χ1) is 9.74. The van der Waals surface area contributed by atoms with Gasteiger partial charge in [0.25, 0.3) is 5.91 Å². The molecule has 3 N–H and O–H groups in total. The lowest BCUT2D eigenvalue weighted by Crippen LogP contribution is -2.14. The van der Waals surface area contributed by atoms with Gasteiger partial charge in [-0.05, 0) is 23.6 Å². The Morgan fingerprint density at radius 2 is 1.70 bits per heavy atom. The quantitative estimate of drug-likeness (QED) is 0.746. The minimum absolute atomic E-state index is 0.270. The normalized spacial score (nSPS) is 10.4. The standard InChI is InChI=1S/C16H13N3O/c17-15-10-4-9-14(18-15)16(20)19-13-8-3-6-11-5-1-2-7-12(11)13/h1-10H,(H2,17,18)(H,19,20). The predicted molar refractivity (Wildman–Crippen MR) is 80.6 cm³/mol. The maximum absolute atomic E-state index is 12.2. The average Bonchev–Trinajstić information content (AvgIpc) is 2.47. The molecule has 98 valence electrons. The number of fused-ring (bicyclic) bond motifs is 1. The van der Waals surface area contributed by atoms with Crippen molar-refractivity contribution in [1.82, 2.24) is 4.98 Å². The fourth-order valence-electron chi connectivity index (χ4n) is 2.10. The molecule has 0 spiro atoms. The summed E-state index contributed by atoms with van der Waals surface area (Å²) < 4.78 is 0. The van der Waals surface area contributed by atoms with Gasteiger partial charge in [0.2, 0.25) is 0 Å². The molecule has 0 aliphatic rings. The molecular weight excluding hydrogens is 250 g/mol. The van der Waals surface area contributed by atoms with Crippen LogP contribution in [0.25, 0.3) is 10.8 Å². The van der Waals surface area contributed by atoms with Crippen molar-refractivity contribution in [2.75, 3.05) is 11.1 Å². The first-order valence-corrected chi connectivity index (χ1v) is 6.26. The molecule has 0 radical (unpaired) electrons. The summed E-state index contributed by atoms with van der Waals surface area (Å²) in [4.78, 5) is 16.2. The van der Waals surface area contributed by atoms with Crippen LogP contribution in [0.3, 0.4) is 0 Å². The van der Waals surface area contributed by atoms with Gasteiger partial charge in [0.15, 0.2) is 0 Å². The molecule has 0 fully saturated rings. The van der Waals surface area contributed by atoms with Gasteiger partial charge in [-0.2, -0.15) is 0 Å². The molecular formula is C16H13N3O. The summed E-state index contributed by atoms with van der Waals surface area (Å²) in [6.07, 6.45) is 0. The van der Waals surface area contributed by atoms with Crippen LogP contribution in [0.1, 0.15) is 10.5 Å². The minimum atomic E-state index is -0.270. The van der Waals surface area contributed by atoms with Crippen molar-refractivity contribution in [3.8, 4) is 0 Å². The first kappa shape index (κ1) is 12.2. The summed E-state index contributed by atoms with van der Waals surface area (Å²) in [6, 6.07) is 18.7. The van der Waals surface area contributed by atoms with E-state index in [1.54, 1.807) is 18.2 Å². The fourth-order valence-corrected chi connectivity index (χ4v) is 2.10. The lowest BCUT2D eigenvalue weighted by atomic mass is 10.1. The molecule has 1 heterocycles. The molecule has 3 rings (SSSR count). The highest BCUT2D eigenvalue weighted by Crippen LogP contribution is 2.23. The molecule has 0 unspecified atom stereocenters. The third kappa shape index (κ3) is 2.31. The summed E-state index contributed by atoms with van der Waals surface area (Å²) >= 11 is 0. The van der Waals surface area contributed by atoms with E-state index >= 15 is 0 Å². The van der Waals surface area contributed by atoms with Crippen molar-refractivity contribution in [2.45, 2.75) is 0 Å². The van der Waals surface area contributed by atoms with Gasteiger partial charge in [-0.15, -0.1) is 0 Å². The van der Waals surface area contributed by atoms with Crippen molar-refractivity contribution >= 4 is 28.2 Å². The number of nitrogen functional groups attached to an aromatic ring is 1. The Morgan fingerprint density at radius 3 is 2.55 bits per heavy atom. The van der Waals surface area contributed by atoms with Gasteiger partial charge in [0.05, 0.1) is 0 Å². The van der Waals surface area contributed by atoms with Crippen molar-refractivity contribution < 1.29 is 4.79 Å². The van der Waals surface area contributed by atoms with E-state index in [9.17, 15) is 4.79 Å². The van der Waals surface area contributed by atoms with Crippen molar-refractivity contribution in [3.63, 3.8) is 0 Å². The highest BCUT2D eigenvalue weighted by molar-refractivity contribution is 6.08. The van der Waals surface area contributed by atoms with Crippen LogP contribution in [0, 0.1) is 0 Å². The number of aromatic nitrogens is 1. The molecule has 20 heavy (non-hydrogen) atoms. The van der Waals surface area contributed by atoms with Crippen LogP contribution in [0.2, 0.25) is 0 Å². The second-order valence-electron chi connectivity index (χ2n) is 4.43. The molecule has 0 aliphatic heterocycles. The number of carbonyl (C=O) groups excluding carboxylic acids is 1. The van der Waals surface area contributed by atoms with E-state index in [4.69, 9.17) is 5.73 Å². The molecule has 0 saturated carbocycles. The third-order valence-corrected chi connectivity index (χ3v) is 3.04. The highest BCUT2D eigenvalue weighted by atomic mass is 16.1. The zero-order valence-electron chi connectivity index (χ0n) is 10.7. The van der Waals surface area contributed by atoms with Gasteiger partial charge in [0, 0.05) is 11.1 Å². The average molecular weight is 263 g/mol. The molecule has 2 aromatic carbocycles. The smallest absolute Gasteiger partial charge is 0.274 e. The maximum atomic E-state index is 12.2.